The maximum Gasteiger partial charge on any atom is 0.243 e. The first-order chi connectivity index (χ1) is 17.5. The van der Waals surface area contributed by atoms with Crippen LogP contribution in [0.2, 0.25) is 0 Å². The first-order valence-electron chi connectivity index (χ1n) is 13.0. The molecule has 9 heteroatoms. The third kappa shape index (κ3) is 4.14. The maximum absolute atomic E-state index is 13.6. The number of sulfonamides is 1. The van der Waals surface area contributed by atoms with E-state index in [9.17, 15) is 8.42 Å². The highest BCUT2D eigenvalue weighted by molar-refractivity contribution is 7.89. The van der Waals surface area contributed by atoms with Crippen LogP contribution >= 0.6 is 0 Å². The number of hydrogen-bond acceptors (Lipinski definition) is 5. The van der Waals surface area contributed by atoms with E-state index in [0.717, 1.165) is 47.1 Å². The Bertz CT molecular complexity index is 1480. The van der Waals surface area contributed by atoms with Crippen LogP contribution in [0.4, 0.5) is 0 Å². The van der Waals surface area contributed by atoms with Crippen LogP contribution in [-0.4, -0.2) is 50.5 Å². The van der Waals surface area contributed by atoms with Gasteiger partial charge in [-0.15, -0.1) is 0 Å². The average molecular weight is 505 g/mol. The molecule has 2 fully saturated rings. The summed E-state index contributed by atoms with van der Waals surface area (Å²) in [5.74, 6) is 1.20. The van der Waals surface area contributed by atoms with Crippen LogP contribution in [0.25, 0.3) is 22.3 Å². The minimum absolute atomic E-state index is 0.0819. The highest BCUT2D eigenvalue weighted by Gasteiger charge is 2.36. The van der Waals surface area contributed by atoms with Crippen molar-refractivity contribution in [3.8, 4) is 11.3 Å². The van der Waals surface area contributed by atoms with Crippen molar-refractivity contribution in [3.05, 3.63) is 60.8 Å². The van der Waals surface area contributed by atoms with Crippen molar-refractivity contribution >= 4 is 21.1 Å². The molecule has 36 heavy (non-hydrogen) atoms. The Morgan fingerprint density at radius 3 is 2.83 bits per heavy atom. The van der Waals surface area contributed by atoms with Gasteiger partial charge in [0, 0.05) is 36.4 Å². The van der Waals surface area contributed by atoms with E-state index in [1.54, 1.807) is 16.7 Å². The predicted molar refractivity (Wildman–Crippen MR) is 139 cm³/mol. The van der Waals surface area contributed by atoms with E-state index in [-0.39, 0.29) is 6.04 Å². The molecule has 1 saturated carbocycles. The van der Waals surface area contributed by atoms with Crippen molar-refractivity contribution < 1.29 is 8.42 Å². The largest absolute Gasteiger partial charge is 0.346 e. The van der Waals surface area contributed by atoms with Gasteiger partial charge in [0.05, 0.1) is 22.8 Å². The van der Waals surface area contributed by atoms with Gasteiger partial charge in [-0.3, -0.25) is 4.68 Å². The summed E-state index contributed by atoms with van der Waals surface area (Å²) in [5, 5.41) is 5.59. The molecule has 0 amide bonds. The third-order valence-corrected chi connectivity index (χ3v) is 9.93. The molecule has 1 aromatic carbocycles. The molecule has 3 aromatic heterocycles. The second kappa shape index (κ2) is 9.44. The first kappa shape index (κ1) is 23.4. The highest BCUT2D eigenvalue weighted by Crippen LogP contribution is 2.38. The Labute approximate surface area is 211 Å². The van der Waals surface area contributed by atoms with Gasteiger partial charge in [0.1, 0.15) is 12.0 Å². The monoisotopic (exact) mass is 504 g/mol. The quantitative estimate of drug-likeness (QED) is 0.398. The molecule has 1 aliphatic heterocycles. The molecule has 4 heterocycles. The van der Waals surface area contributed by atoms with E-state index in [1.807, 2.05) is 47.5 Å². The fraction of sp³-hybridized carbons (Fsp3) is 0.444. The Balaban J connectivity index is 1.27. The number of nitrogens with one attached hydrogen (secondary N) is 1. The minimum Gasteiger partial charge on any atom is -0.346 e. The van der Waals surface area contributed by atoms with Crippen molar-refractivity contribution in [2.45, 2.75) is 56.4 Å². The summed E-state index contributed by atoms with van der Waals surface area (Å²) in [5.41, 5.74) is 3.45. The first-order valence-corrected chi connectivity index (χ1v) is 14.4. The summed E-state index contributed by atoms with van der Waals surface area (Å²) in [6.07, 6.45) is 13.9. The lowest BCUT2D eigenvalue weighted by atomic mass is 9.76. The van der Waals surface area contributed by atoms with E-state index >= 15 is 0 Å². The fourth-order valence-electron chi connectivity index (χ4n) is 6.13. The van der Waals surface area contributed by atoms with Crippen molar-refractivity contribution in [2.75, 3.05) is 13.1 Å². The molecule has 4 aromatic rings. The molecule has 6 rings (SSSR count). The van der Waals surface area contributed by atoms with Gasteiger partial charge in [-0.1, -0.05) is 38.3 Å². The topological polar surface area (TPSA) is 96.8 Å². The lowest BCUT2D eigenvalue weighted by molar-refractivity contribution is 0.136. The number of rotatable bonds is 6. The second-order valence-corrected chi connectivity index (χ2v) is 12.1. The molecule has 0 bridgehead atoms. The van der Waals surface area contributed by atoms with Crippen LogP contribution in [0.5, 0.6) is 0 Å². The number of aromatic amines is 1. The summed E-state index contributed by atoms with van der Waals surface area (Å²) in [4.78, 5) is 12.2. The Morgan fingerprint density at radius 1 is 1.11 bits per heavy atom. The zero-order valence-electron chi connectivity index (χ0n) is 20.5. The number of H-pyrrole nitrogens is 1. The molecular weight excluding hydrogens is 472 g/mol. The lowest BCUT2D eigenvalue weighted by Gasteiger charge is -2.40. The van der Waals surface area contributed by atoms with Crippen LogP contribution in [-0.2, 0) is 10.0 Å². The maximum atomic E-state index is 13.6. The van der Waals surface area contributed by atoms with Gasteiger partial charge in [-0.2, -0.15) is 9.40 Å². The molecule has 1 saturated heterocycles. The highest BCUT2D eigenvalue weighted by atomic mass is 32.2. The van der Waals surface area contributed by atoms with Crippen LogP contribution in [0, 0.1) is 11.8 Å². The fourth-order valence-corrected chi connectivity index (χ4v) is 7.69. The zero-order chi connectivity index (χ0) is 24.7. The summed E-state index contributed by atoms with van der Waals surface area (Å²) < 4.78 is 30.9. The summed E-state index contributed by atoms with van der Waals surface area (Å²) in [6.45, 7) is 3.37. The summed E-state index contributed by atoms with van der Waals surface area (Å²) >= 11 is 0. The number of hydrogen-bond donors (Lipinski definition) is 1. The smallest absolute Gasteiger partial charge is 0.243 e. The predicted octanol–water partition coefficient (Wildman–Crippen LogP) is 5.02. The van der Waals surface area contributed by atoms with Crippen molar-refractivity contribution in [1.29, 1.82) is 0 Å². The Morgan fingerprint density at radius 2 is 1.97 bits per heavy atom. The van der Waals surface area contributed by atoms with Gasteiger partial charge >= 0.3 is 0 Å². The molecule has 0 radical (unpaired) electrons. The molecule has 2 aliphatic rings. The summed E-state index contributed by atoms with van der Waals surface area (Å²) in [7, 11) is -3.53. The van der Waals surface area contributed by atoms with E-state index in [2.05, 4.69) is 27.0 Å². The number of piperidine rings is 1. The molecule has 1 N–H and O–H groups in total. The molecule has 3 atom stereocenters. The van der Waals surface area contributed by atoms with E-state index in [1.165, 1.54) is 19.3 Å². The standard InChI is InChI=1S/C27H32N6O2S/c1-2-25(33-17-22(15-31-33)26-24-10-12-28-27(24)30-18-29-26)20-8-5-9-23(14-20)36(34,35)32-13-11-19-6-3-4-7-21(19)16-32/h5,8-10,12,14-15,17-19,21,25H,2-4,6-7,11,13,16H2,1H3,(H,28,29,30). The van der Waals surface area contributed by atoms with Crippen LogP contribution in [0.15, 0.2) is 60.1 Å². The summed E-state index contributed by atoms with van der Waals surface area (Å²) in [6, 6.07) is 9.31. The number of benzene rings is 1. The molecule has 0 spiro atoms. The third-order valence-electron chi connectivity index (χ3n) is 8.07. The number of fused-ring (bicyclic) bond motifs is 2. The van der Waals surface area contributed by atoms with Gasteiger partial charge in [0.25, 0.3) is 0 Å². The number of aromatic nitrogens is 5. The van der Waals surface area contributed by atoms with Gasteiger partial charge in [-0.05, 0) is 54.9 Å². The zero-order valence-corrected chi connectivity index (χ0v) is 21.4. The molecule has 3 unspecified atom stereocenters. The molecular formula is C27H32N6O2S. The van der Waals surface area contributed by atoms with Gasteiger partial charge in [0.15, 0.2) is 0 Å². The Hall–Kier alpha value is -3.04. The molecule has 1 aliphatic carbocycles. The van der Waals surface area contributed by atoms with Crippen LogP contribution in [0.3, 0.4) is 0 Å². The van der Waals surface area contributed by atoms with Gasteiger partial charge in [0.2, 0.25) is 10.0 Å². The lowest BCUT2D eigenvalue weighted by Crippen LogP contribution is -2.44. The SMILES string of the molecule is CCC(c1cccc(S(=O)(=O)N2CCC3CCCCC3C2)c1)n1cc(-c2ncnc3[nH]ccc23)cn1. The van der Waals surface area contributed by atoms with E-state index in [4.69, 9.17) is 0 Å². The normalized spacial score (nSPS) is 21.9. The van der Waals surface area contributed by atoms with Crippen LogP contribution < -0.4 is 0 Å². The molecule has 8 nitrogen and oxygen atoms in total. The molecule has 188 valence electrons. The minimum atomic E-state index is -3.53. The van der Waals surface area contributed by atoms with Gasteiger partial charge in [-0.25, -0.2) is 18.4 Å². The van der Waals surface area contributed by atoms with Crippen molar-refractivity contribution in [1.82, 2.24) is 29.0 Å². The average Bonchev–Trinajstić information content (AvgIpc) is 3.59. The van der Waals surface area contributed by atoms with E-state index < -0.39 is 10.0 Å². The van der Waals surface area contributed by atoms with E-state index in [0.29, 0.717) is 29.8 Å². The Kier molecular flexibility index (Phi) is 6.13. The van der Waals surface area contributed by atoms with Crippen molar-refractivity contribution in [3.63, 3.8) is 0 Å². The number of nitrogens with zero attached hydrogens (tertiary/aromatic N) is 5. The second-order valence-electron chi connectivity index (χ2n) is 10.1. The van der Waals surface area contributed by atoms with Crippen molar-refractivity contribution in [2.24, 2.45) is 11.8 Å². The van der Waals surface area contributed by atoms with Crippen LogP contribution in [0.1, 0.15) is 57.1 Å². The van der Waals surface area contributed by atoms with Gasteiger partial charge < -0.3 is 4.98 Å².